The molecule has 1 rings (SSSR count). The molecule has 0 aliphatic rings. The van der Waals surface area contributed by atoms with E-state index in [9.17, 15) is 4.79 Å². The summed E-state index contributed by atoms with van der Waals surface area (Å²) in [6.45, 7) is 2.97. The van der Waals surface area contributed by atoms with E-state index in [-0.39, 0.29) is 11.9 Å². The second-order valence-corrected chi connectivity index (χ2v) is 4.81. The van der Waals surface area contributed by atoms with Gasteiger partial charge in [0.25, 0.3) is 5.91 Å². The van der Waals surface area contributed by atoms with E-state index in [1.165, 1.54) is 4.90 Å². The summed E-state index contributed by atoms with van der Waals surface area (Å²) in [5, 5.41) is 11.1. The summed E-state index contributed by atoms with van der Waals surface area (Å²) in [6.07, 6.45) is 0. The Kier molecular flexibility index (Phi) is 5.03. The minimum Gasteiger partial charge on any atom is -0.365 e. The van der Waals surface area contributed by atoms with E-state index in [2.05, 4.69) is 27.3 Å². The maximum Gasteiger partial charge on any atom is 0.273 e. The molecule has 0 fully saturated rings. The van der Waals surface area contributed by atoms with Crippen molar-refractivity contribution in [2.24, 2.45) is 0 Å². The fraction of sp³-hybridized carbons (Fsp3) is 0.583. The van der Waals surface area contributed by atoms with Crippen LogP contribution in [0.15, 0.2) is 12.1 Å². The predicted molar refractivity (Wildman–Crippen MR) is 71.7 cm³/mol. The molecule has 1 atom stereocenters. The standard InChI is InChI=1S/C12H21N5O/c1-9(8-16(2)3)13-11-7-6-10(14-15-11)12(18)17(4)5/h6-7,9H,8H2,1-5H3,(H,13,15). The molecule has 100 valence electrons. The van der Waals surface area contributed by atoms with Crippen molar-refractivity contribution in [3.05, 3.63) is 17.8 Å². The van der Waals surface area contributed by atoms with Crippen LogP contribution in [0.3, 0.4) is 0 Å². The Bertz CT molecular complexity index is 388. The lowest BCUT2D eigenvalue weighted by molar-refractivity contribution is 0.0821. The normalized spacial score (nSPS) is 12.3. The van der Waals surface area contributed by atoms with Crippen molar-refractivity contribution in [2.45, 2.75) is 13.0 Å². The second-order valence-electron chi connectivity index (χ2n) is 4.81. The number of nitrogens with one attached hydrogen (secondary N) is 1. The number of nitrogens with zero attached hydrogens (tertiary/aromatic N) is 4. The van der Waals surface area contributed by atoms with Crippen LogP contribution >= 0.6 is 0 Å². The number of anilines is 1. The number of amides is 1. The number of rotatable bonds is 5. The van der Waals surface area contributed by atoms with Gasteiger partial charge in [0.1, 0.15) is 5.82 Å². The lowest BCUT2D eigenvalue weighted by Crippen LogP contribution is -2.30. The van der Waals surface area contributed by atoms with Crippen molar-refractivity contribution < 1.29 is 4.79 Å². The molecular formula is C12H21N5O. The van der Waals surface area contributed by atoms with Crippen molar-refractivity contribution in [3.63, 3.8) is 0 Å². The van der Waals surface area contributed by atoms with Gasteiger partial charge < -0.3 is 15.1 Å². The highest BCUT2D eigenvalue weighted by Crippen LogP contribution is 2.05. The highest BCUT2D eigenvalue weighted by atomic mass is 16.2. The fourth-order valence-electron chi connectivity index (χ4n) is 1.60. The molecule has 1 unspecified atom stereocenters. The molecule has 18 heavy (non-hydrogen) atoms. The first-order valence-electron chi connectivity index (χ1n) is 5.86. The Morgan fingerprint density at radius 1 is 1.28 bits per heavy atom. The number of hydrogen-bond donors (Lipinski definition) is 1. The van der Waals surface area contributed by atoms with Crippen LogP contribution in [-0.2, 0) is 0 Å². The van der Waals surface area contributed by atoms with E-state index in [1.807, 2.05) is 14.1 Å². The van der Waals surface area contributed by atoms with Crippen molar-refractivity contribution in [3.8, 4) is 0 Å². The Morgan fingerprint density at radius 3 is 2.39 bits per heavy atom. The highest BCUT2D eigenvalue weighted by Gasteiger charge is 2.10. The van der Waals surface area contributed by atoms with Crippen LogP contribution in [0.4, 0.5) is 5.82 Å². The Labute approximate surface area is 108 Å². The average Bonchev–Trinajstić information content (AvgIpc) is 2.27. The van der Waals surface area contributed by atoms with E-state index < -0.39 is 0 Å². The molecule has 0 saturated carbocycles. The molecule has 1 aromatic rings. The van der Waals surface area contributed by atoms with E-state index in [0.717, 1.165) is 6.54 Å². The molecule has 1 heterocycles. The van der Waals surface area contributed by atoms with Crippen LogP contribution in [0.2, 0.25) is 0 Å². The number of carbonyl (C=O) groups is 1. The lowest BCUT2D eigenvalue weighted by atomic mass is 10.3. The fourth-order valence-corrected chi connectivity index (χ4v) is 1.60. The molecule has 0 aliphatic carbocycles. The molecule has 6 nitrogen and oxygen atoms in total. The summed E-state index contributed by atoms with van der Waals surface area (Å²) in [5.74, 6) is 0.537. The van der Waals surface area contributed by atoms with Crippen molar-refractivity contribution >= 4 is 11.7 Å². The minimum atomic E-state index is -0.143. The first kappa shape index (κ1) is 14.4. The van der Waals surface area contributed by atoms with Gasteiger partial charge in [-0.3, -0.25) is 4.79 Å². The van der Waals surface area contributed by atoms with Crippen LogP contribution in [0.25, 0.3) is 0 Å². The van der Waals surface area contributed by atoms with E-state index in [4.69, 9.17) is 0 Å². The molecule has 1 aromatic heterocycles. The van der Waals surface area contributed by atoms with Crippen molar-refractivity contribution in [2.75, 3.05) is 40.1 Å². The summed E-state index contributed by atoms with van der Waals surface area (Å²) in [4.78, 5) is 15.2. The van der Waals surface area contributed by atoms with Gasteiger partial charge in [-0.15, -0.1) is 10.2 Å². The highest BCUT2D eigenvalue weighted by molar-refractivity contribution is 5.91. The van der Waals surface area contributed by atoms with Crippen molar-refractivity contribution in [1.29, 1.82) is 0 Å². The van der Waals surface area contributed by atoms with Crippen LogP contribution < -0.4 is 5.32 Å². The molecule has 1 N–H and O–H groups in total. The zero-order valence-corrected chi connectivity index (χ0v) is 11.6. The van der Waals surface area contributed by atoms with Crippen LogP contribution in [0.1, 0.15) is 17.4 Å². The van der Waals surface area contributed by atoms with Crippen LogP contribution in [-0.4, -0.2) is 66.7 Å². The average molecular weight is 251 g/mol. The van der Waals surface area contributed by atoms with Gasteiger partial charge in [-0.1, -0.05) is 0 Å². The van der Waals surface area contributed by atoms with Crippen molar-refractivity contribution in [1.82, 2.24) is 20.0 Å². The third kappa shape index (κ3) is 4.29. The van der Waals surface area contributed by atoms with Crippen LogP contribution in [0.5, 0.6) is 0 Å². The molecule has 1 amide bonds. The zero-order chi connectivity index (χ0) is 13.7. The second kappa shape index (κ2) is 6.30. The van der Waals surface area contributed by atoms with Gasteiger partial charge in [0.15, 0.2) is 5.69 Å². The molecule has 0 saturated heterocycles. The predicted octanol–water partition coefficient (Wildman–Crippen LogP) is 0.540. The third-order valence-corrected chi connectivity index (χ3v) is 2.32. The monoisotopic (exact) mass is 251 g/mol. The van der Waals surface area contributed by atoms with Gasteiger partial charge in [0.2, 0.25) is 0 Å². The molecule has 0 aliphatic heterocycles. The van der Waals surface area contributed by atoms with Gasteiger partial charge in [0, 0.05) is 26.7 Å². The topological polar surface area (TPSA) is 61.4 Å². The largest absolute Gasteiger partial charge is 0.365 e. The summed E-state index contributed by atoms with van der Waals surface area (Å²) in [6, 6.07) is 3.72. The molecule has 0 spiro atoms. The minimum absolute atomic E-state index is 0.143. The van der Waals surface area contributed by atoms with E-state index in [1.54, 1.807) is 26.2 Å². The van der Waals surface area contributed by atoms with E-state index >= 15 is 0 Å². The summed E-state index contributed by atoms with van der Waals surface area (Å²) >= 11 is 0. The van der Waals surface area contributed by atoms with Gasteiger partial charge in [-0.25, -0.2) is 0 Å². The summed E-state index contributed by atoms with van der Waals surface area (Å²) in [7, 11) is 7.41. The van der Waals surface area contributed by atoms with Gasteiger partial charge >= 0.3 is 0 Å². The molecule has 0 aromatic carbocycles. The van der Waals surface area contributed by atoms with Gasteiger partial charge in [-0.05, 0) is 33.2 Å². The summed E-state index contributed by atoms with van der Waals surface area (Å²) in [5.41, 5.74) is 0.353. The molecule has 0 bridgehead atoms. The van der Waals surface area contributed by atoms with Gasteiger partial charge in [-0.2, -0.15) is 0 Å². The van der Waals surface area contributed by atoms with Gasteiger partial charge in [0.05, 0.1) is 0 Å². The molecule has 6 heteroatoms. The number of aromatic nitrogens is 2. The first-order chi connectivity index (χ1) is 8.40. The number of likely N-dealkylation sites (N-methyl/N-ethyl adjacent to an activating group) is 1. The quantitative estimate of drug-likeness (QED) is 0.827. The first-order valence-corrected chi connectivity index (χ1v) is 5.86. The Balaban J connectivity index is 2.63. The number of carbonyl (C=O) groups excluding carboxylic acids is 1. The maximum atomic E-state index is 11.6. The zero-order valence-electron chi connectivity index (χ0n) is 11.6. The Morgan fingerprint density at radius 2 is 1.94 bits per heavy atom. The van der Waals surface area contributed by atoms with Crippen LogP contribution in [0, 0.1) is 0 Å². The lowest BCUT2D eigenvalue weighted by Gasteiger charge is -2.18. The molecular weight excluding hydrogens is 230 g/mol. The number of hydrogen-bond acceptors (Lipinski definition) is 5. The maximum absolute atomic E-state index is 11.6. The molecule has 0 radical (unpaired) electrons. The smallest absolute Gasteiger partial charge is 0.273 e. The Hall–Kier alpha value is -1.69. The van der Waals surface area contributed by atoms with E-state index in [0.29, 0.717) is 11.5 Å². The SMILES string of the molecule is CC(CN(C)C)Nc1ccc(C(=O)N(C)C)nn1. The summed E-state index contributed by atoms with van der Waals surface area (Å²) < 4.78 is 0. The third-order valence-electron chi connectivity index (χ3n) is 2.32.